The van der Waals surface area contributed by atoms with Crippen molar-refractivity contribution in [2.75, 3.05) is 11.9 Å². The van der Waals surface area contributed by atoms with Gasteiger partial charge in [0.05, 0.1) is 6.20 Å². The van der Waals surface area contributed by atoms with Crippen molar-refractivity contribution in [3.63, 3.8) is 0 Å². The predicted octanol–water partition coefficient (Wildman–Crippen LogP) is 2.34. The van der Waals surface area contributed by atoms with Crippen LogP contribution in [0.15, 0.2) is 22.9 Å². The van der Waals surface area contributed by atoms with Gasteiger partial charge in [-0.05, 0) is 18.1 Å². The van der Waals surface area contributed by atoms with E-state index in [0.29, 0.717) is 23.5 Å². The zero-order chi connectivity index (χ0) is 12.3. The number of aromatic nitrogens is 3. The summed E-state index contributed by atoms with van der Waals surface area (Å²) in [4.78, 5) is 7.98. The first kappa shape index (κ1) is 11.5. The first-order valence-electron chi connectivity index (χ1n) is 5.34. The van der Waals surface area contributed by atoms with E-state index in [4.69, 9.17) is 4.52 Å². The van der Waals surface area contributed by atoms with Crippen molar-refractivity contribution in [2.45, 2.75) is 13.8 Å². The molecule has 2 rings (SSSR count). The molecule has 2 heterocycles. The lowest BCUT2D eigenvalue weighted by Crippen LogP contribution is -2.07. The van der Waals surface area contributed by atoms with Crippen molar-refractivity contribution in [2.24, 2.45) is 5.92 Å². The second-order valence-electron chi connectivity index (χ2n) is 4.06. The summed E-state index contributed by atoms with van der Waals surface area (Å²) >= 11 is 0. The lowest BCUT2D eigenvalue weighted by atomic mass is 10.2. The molecule has 6 heteroatoms. The quantitative estimate of drug-likeness (QED) is 0.882. The highest BCUT2D eigenvalue weighted by Gasteiger charge is 2.09. The molecule has 17 heavy (non-hydrogen) atoms. The smallest absolute Gasteiger partial charge is 0.321 e. The molecule has 0 saturated heterocycles. The standard InChI is InChI=1S/C11H13FN4O/c1-7(2)5-14-11-15-10(16-17-11)9-4-3-8(12)6-13-9/h3-4,6-7H,5H2,1-2H3,(H,14,15,16). The Kier molecular flexibility index (Phi) is 3.32. The molecule has 0 spiro atoms. The molecule has 0 aliphatic heterocycles. The Labute approximate surface area is 98.1 Å². The molecule has 5 nitrogen and oxygen atoms in total. The number of nitrogens with zero attached hydrogens (tertiary/aromatic N) is 3. The maximum Gasteiger partial charge on any atom is 0.321 e. The molecule has 90 valence electrons. The van der Waals surface area contributed by atoms with Crippen LogP contribution in [0, 0.1) is 11.7 Å². The second kappa shape index (κ2) is 4.90. The van der Waals surface area contributed by atoms with Crippen LogP contribution in [0.25, 0.3) is 11.5 Å². The van der Waals surface area contributed by atoms with E-state index in [1.54, 1.807) is 0 Å². The van der Waals surface area contributed by atoms with Crippen LogP contribution in [0.4, 0.5) is 10.4 Å². The van der Waals surface area contributed by atoms with E-state index >= 15 is 0 Å². The number of nitrogens with one attached hydrogen (secondary N) is 1. The van der Waals surface area contributed by atoms with Crippen LogP contribution in [0.1, 0.15) is 13.8 Å². The molecule has 0 amide bonds. The first-order chi connectivity index (χ1) is 8.15. The minimum absolute atomic E-state index is 0.344. The summed E-state index contributed by atoms with van der Waals surface area (Å²) in [6, 6.07) is 3.16. The second-order valence-corrected chi connectivity index (χ2v) is 4.06. The van der Waals surface area contributed by atoms with Crippen molar-refractivity contribution in [1.82, 2.24) is 15.1 Å². The Bertz CT molecular complexity index is 480. The van der Waals surface area contributed by atoms with Gasteiger partial charge in [-0.15, -0.1) is 0 Å². The molecule has 0 atom stereocenters. The Morgan fingerprint density at radius 3 is 2.88 bits per heavy atom. The van der Waals surface area contributed by atoms with Gasteiger partial charge in [0.15, 0.2) is 0 Å². The Morgan fingerprint density at radius 1 is 1.41 bits per heavy atom. The van der Waals surface area contributed by atoms with Crippen LogP contribution in [0.3, 0.4) is 0 Å². The summed E-state index contributed by atoms with van der Waals surface area (Å²) in [5, 5.41) is 6.76. The zero-order valence-electron chi connectivity index (χ0n) is 9.64. The fourth-order valence-corrected chi connectivity index (χ4v) is 1.20. The molecule has 2 aromatic heterocycles. The topological polar surface area (TPSA) is 63.8 Å². The van der Waals surface area contributed by atoms with Gasteiger partial charge in [-0.25, -0.2) is 9.37 Å². The van der Waals surface area contributed by atoms with Crippen molar-refractivity contribution in [3.05, 3.63) is 24.1 Å². The number of pyridine rings is 1. The molecule has 0 fully saturated rings. The van der Waals surface area contributed by atoms with E-state index in [1.165, 1.54) is 12.1 Å². The van der Waals surface area contributed by atoms with Gasteiger partial charge in [-0.2, -0.15) is 4.98 Å². The lowest BCUT2D eigenvalue weighted by Gasteiger charge is -2.02. The highest BCUT2D eigenvalue weighted by atomic mass is 19.1. The van der Waals surface area contributed by atoms with E-state index in [2.05, 4.69) is 34.3 Å². The van der Waals surface area contributed by atoms with Crippen LogP contribution < -0.4 is 5.32 Å². The number of rotatable bonds is 4. The van der Waals surface area contributed by atoms with Crippen molar-refractivity contribution < 1.29 is 8.91 Å². The first-order valence-corrected chi connectivity index (χ1v) is 5.34. The highest BCUT2D eigenvalue weighted by Crippen LogP contribution is 2.15. The normalized spacial score (nSPS) is 10.8. The van der Waals surface area contributed by atoms with Gasteiger partial charge in [0.2, 0.25) is 5.82 Å². The summed E-state index contributed by atoms with van der Waals surface area (Å²) in [7, 11) is 0. The Balaban J connectivity index is 2.10. The molecule has 0 saturated carbocycles. The maximum atomic E-state index is 12.7. The minimum atomic E-state index is -0.393. The summed E-state index contributed by atoms with van der Waals surface area (Å²) < 4.78 is 17.7. The van der Waals surface area contributed by atoms with Crippen LogP contribution in [-0.2, 0) is 0 Å². The van der Waals surface area contributed by atoms with Gasteiger partial charge < -0.3 is 9.84 Å². The van der Waals surface area contributed by atoms with E-state index < -0.39 is 5.82 Å². The molecule has 0 radical (unpaired) electrons. The zero-order valence-corrected chi connectivity index (χ0v) is 9.64. The minimum Gasteiger partial charge on any atom is -0.337 e. The fraction of sp³-hybridized carbons (Fsp3) is 0.364. The number of hydrogen-bond acceptors (Lipinski definition) is 5. The number of hydrogen-bond donors (Lipinski definition) is 1. The van der Waals surface area contributed by atoms with Crippen molar-refractivity contribution >= 4 is 6.01 Å². The van der Waals surface area contributed by atoms with Crippen LogP contribution in [-0.4, -0.2) is 21.7 Å². The third-order valence-electron chi connectivity index (χ3n) is 2.04. The molecule has 0 aliphatic carbocycles. The third kappa shape index (κ3) is 2.99. The Morgan fingerprint density at radius 2 is 2.24 bits per heavy atom. The van der Waals surface area contributed by atoms with E-state index in [1.807, 2.05) is 0 Å². The average molecular weight is 236 g/mol. The summed E-state index contributed by atoms with van der Waals surface area (Å²) in [6.07, 6.45) is 1.12. The largest absolute Gasteiger partial charge is 0.337 e. The van der Waals surface area contributed by atoms with Crippen LogP contribution >= 0.6 is 0 Å². The molecule has 0 aliphatic rings. The van der Waals surface area contributed by atoms with Crippen LogP contribution in [0.2, 0.25) is 0 Å². The van der Waals surface area contributed by atoms with Gasteiger partial charge in [0, 0.05) is 6.54 Å². The van der Waals surface area contributed by atoms with Crippen LogP contribution in [0.5, 0.6) is 0 Å². The van der Waals surface area contributed by atoms with Gasteiger partial charge in [-0.1, -0.05) is 19.0 Å². The predicted molar refractivity (Wildman–Crippen MR) is 60.8 cm³/mol. The van der Waals surface area contributed by atoms with E-state index in [-0.39, 0.29) is 0 Å². The SMILES string of the molecule is CC(C)CNc1nc(-c2ccc(F)cn2)no1. The van der Waals surface area contributed by atoms with Gasteiger partial charge in [-0.3, -0.25) is 0 Å². The molecule has 0 bridgehead atoms. The Hall–Kier alpha value is -1.98. The molecule has 0 unspecified atom stereocenters. The average Bonchev–Trinajstić information content (AvgIpc) is 2.76. The van der Waals surface area contributed by atoms with Gasteiger partial charge >= 0.3 is 6.01 Å². The lowest BCUT2D eigenvalue weighted by molar-refractivity contribution is 0.429. The van der Waals surface area contributed by atoms with E-state index in [9.17, 15) is 4.39 Å². The highest BCUT2D eigenvalue weighted by molar-refractivity contribution is 5.49. The monoisotopic (exact) mass is 236 g/mol. The third-order valence-corrected chi connectivity index (χ3v) is 2.04. The fourth-order valence-electron chi connectivity index (χ4n) is 1.20. The molecule has 1 N–H and O–H groups in total. The van der Waals surface area contributed by atoms with Gasteiger partial charge in [0.1, 0.15) is 11.5 Å². The number of anilines is 1. The van der Waals surface area contributed by atoms with E-state index in [0.717, 1.165) is 12.7 Å². The molecule has 0 aromatic carbocycles. The molecule has 2 aromatic rings. The molecular weight excluding hydrogens is 223 g/mol. The maximum absolute atomic E-state index is 12.7. The molecular formula is C11H13FN4O. The van der Waals surface area contributed by atoms with Crippen molar-refractivity contribution in [1.29, 1.82) is 0 Å². The van der Waals surface area contributed by atoms with Gasteiger partial charge in [0.25, 0.3) is 0 Å². The summed E-state index contributed by atoms with van der Waals surface area (Å²) in [5.41, 5.74) is 0.479. The summed E-state index contributed by atoms with van der Waals surface area (Å²) in [5.74, 6) is 0.431. The number of halogens is 1. The van der Waals surface area contributed by atoms with Crippen molar-refractivity contribution in [3.8, 4) is 11.5 Å². The summed E-state index contributed by atoms with van der Waals surface area (Å²) in [6.45, 7) is 4.90.